The zero-order chi connectivity index (χ0) is 23.1. The molecule has 3 nitrogen and oxygen atoms in total. The monoisotopic (exact) mass is 440 g/mol. The first kappa shape index (κ1) is 20.3. The van der Waals surface area contributed by atoms with Crippen LogP contribution in [0.2, 0.25) is 0 Å². The highest BCUT2D eigenvalue weighted by Crippen LogP contribution is 2.40. The van der Waals surface area contributed by atoms with Crippen molar-refractivity contribution < 1.29 is 4.74 Å². The van der Waals surface area contributed by atoms with Gasteiger partial charge in [0.25, 0.3) is 0 Å². The Morgan fingerprint density at radius 1 is 0.676 bits per heavy atom. The highest BCUT2D eigenvalue weighted by atomic mass is 16.5. The lowest BCUT2D eigenvalue weighted by Gasteiger charge is -2.16. The van der Waals surface area contributed by atoms with Crippen molar-refractivity contribution in [1.29, 1.82) is 0 Å². The van der Waals surface area contributed by atoms with Crippen LogP contribution in [0.25, 0.3) is 49.9 Å². The van der Waals surface area contributed by atoms with Gasteiger partial charge in [-0.05, 0) is 66.1 Å². The summed E-state index contributed by atoms with van der Waals surface area (Å²) >= 11 is 0. The summed E-state index contributed by atoms with van der Waals surface area (Å²) in [5.41, 5.74) is 10.1. The minimum absolute atomic E-state index is 0.894. The maximum atomic E-state index is 5.94. The van der Waals surface area contributed by atoms with Gasteiger partial charge in [-0.3, -0.25) is 4.98 Å². The van der Waals surface area contributed by atoms with Gasteiger partial charge in [0, 0.05) is 28.4 Å². The average molecular weight is 441 g/mol. The quantitative estimate of drug-likeness (QED) is 0.279. The molecule has 0 spiro atoms. The van der Waals surface area contributed by atoms with Gasteiger partial charge < -0.3 is 9.30 Å². The van der Waals surface area contributed by atoms with Gasteiger partial charge in [-0.15, -0.1) is 0 Å². The third-order valence-electron chi connectivity index (χ3n) is 6.39. The molecule has 0 saturated heterocycles. The summed E-state index contributed by atoms with van der Waals surface area (Å²) in [5, 5.41) is 1.16. The van der Waals surface area contributed by atoms with Gasteiger partial charge in [0.1, 0.15) is 5.75 Å². The molecule has 6 aromatic rings. The number of para-hydroxylation sites is 1. The van der Waals surface area contributed by atoms with Crippen molar-refractivity contribution in [3.8, 4) is 33.7 Å². The summed E-state index contributed by atoms with van der Waals surface area (Å²) in [6, 6.07) is 36.1. The molecule has 6 rings (SSSR count). The van der Waals surface area contributed by atoms with E-state index in [1.165, 1.54) is 5.56 Å². The van der Waals surface area contributed by atoms with E-state index in [1.807, 2.05) is 18.3 Å². The topological polar surface area (TPSA) is 27.1 Å². The van der Waals surface area contributed by atoms with E-state index in [1.54, 1.807) is 7.11 Å². The van der Waals surface area contributed by atoms with E-state index in [-0.39, 0.29) is 0 Å². The Morgan fingerprint density at radius 3 is 2.06 bits per heavy atom. The van der Waals surface area contributed by atoms with E-state index < -0.39 is 0 Å². The molecule has 0 aliphatic carbocycles. The molecule has 0 fully saturated rings. The fourth-order valence-corrected chi connectivity index (χ4v) is 4.89. The zero-order valence-corrected chi connectivity index (χ0v) is 19.2. The summed E-state index contributed by atoms with van der Waals surface area (Å²) < 4.78 is 8.23. The van der Waals surface area contributed by atoms with Crippen LogP contribution in [0.3, 0.4) is 0 Å². The fourth-order valence-electron chi connectivity index (χ4n) is 4.89. The van der Waals surface area contributed by atoms with E-state index in [0.717, 1.165) is 55.6 Å². The summed E-state index contributed by atoms with van der Waals surface area (Å²) in [4.78, 5) is 4.65. The van der Waals surface area contributed by atoms with E-state index in [0.29, 0.717) is 0 Å². The Morgan fingerprint density at radius 2 is 1.32 bits per heavy atom. The number of methoxy groups -OCH3 is 1. The molecular formula is C31H24N2O. The fraction of sp³-hybridized carbons (Fsp3) is 0.0645. The minimum atomic E-state index is 0.894. The average Bonchev–Trinajstić information content (AvgIpc) is 3.23. The Bertz CT molecular complexity index is 1580. The molecule has 3 heteroatoms. The van der Waals surface area contributed by atoms with Gasteiger partial charge in [0.2, 0.25) is 0 Å². The van der Waals surface area contributed by atoms with Crippen molar-refractivity contribution in [2.45, 2.75) is 6.92 Å². The molecule has 2 heterocycles. The van der Waals surface area contributed by atoms with Crippen LogP contribution in [0, 0.1) is 6.92 Å². The number of aromatic nitrogens is 2. The number of nitrogens with zero attached hydrogens (tertiary/aromatic N) is 2. The third kappa shape index (κ3) is 3.25. The second kappa shape index (κ2) is 8.20. The molecule has 34 heavy (non-hydrogen) atoms. The Labute approximate surface area is 198 Å². The molecule has 0 bridgehead atoms. The van der Waals surface area contributed by atoms with E-state index in [4.69, 9.17) is 4.74 Å². The molecule has 0 amide bonds. The van der Waals surface area contributed by atoms with Gasteiger partial charge in [-0.2, -0.15) is 0 Å². The number of fused-ring (bicyclic) bond motifs is 3. The van der Waals surface area contributed by atoms with Crippen LogP contribution < -0.4 is 4.74 Å². The number of hydrogen-bond acceptors (Lipinski definition) is 2. The first-order valence-electron chi connectivity index (χ1n) is 11.4. The highest BCUT2D eigenvalue weighted by molar-refractivity contribution is 6.06. The van der Waals surface area contributed by atoms with Crippen molar-refractivity contribution in [2.24, 2.45) is 0 Å². The van der Waals surface area contributed by atoms with Crippen LogP contribution in [0.15, 0.2) is 109 Å². The van der Waals surface area contributed by atoms with E-state index in [9.17, 15) is 0 Å². The molecule has 0 aliphatic rings. The standard InChI is InChI=1S/C31H24N2O/c1-21-19-26(22-9-4-3-5-10-22)31(34-2)27(20-21)23-14-16-24(17-15-23)33-28-12-7-6-11-25(28)30-29(33)13-8-18-32-30/h3-20H,1-2H3. The molecule has 2 aromatic heterocycles. The molecule has 0 atom stereocenters. The minimum Gasteiger partial charge on any atom is -0.495 e. The van der Waals surface area contributed by atoms with Gasteiger partial charge in [-0.25, -0.2) is 0 Å². The normalized spacial score (nSPS) is 11.2. The Hall–Kier alpha value is -4.37. The van der Waals surface area contributed by atoms with Crippen LogP contribution in [0.5, 0.6) is 5.75 Å². The van der Waals surface area contributed by atoms with Crippen LogP contribution in [-0.2, 0) is 0 Å². The second-order valence-corrected chi connectivity index (χ2v) is 8.53. The summed E-state index contributed by atoms with van der Waals surface area (Å²) in [7, 11) is 1.75. The first-order valence-corrected chi connectivity index (χ1v) is 11.4. The molecular weight excluding hydrogens is 416 g/mol. The highest BCUT2D eigenvalue weighted by Gasteiger charge is 2.16. The predicted octanol–water partition coefficient (Wildman–Crippen LogP) is 7.83. The lowest BCUT2D eigenvalue weighted by molar-refractivity contribution is 0.418. The van der Waals surface area contributed by atoms with Gasteiger partial charge in [0.05, 0.1) is 23.7 Å². The number of rotatable bonds is 4. The SMILES string of the molecule is COc1c(-c2ccccc2)cc(C)cc1-c1ccc(-n2c3ccccc3c3ncccc32)cc1. The van der Waals surface area contributed by atoms with Gasteiger partial charge in [0.15, 0.2) is 0 Å². The van der Waals surface area contributed by atoms with Crippen molar-refractivity contribution in [3.05, 3.63) is 115 Å². The predicted molar refractivity (Wildman–Crippen MR) is 141 cm³/mol. The van der Waals surface area contributed by atoms with E-state index in [2.05, 4.69) is 107 Å². The van der Waals surface area contributed by atoms with Crippen LogP contribution in [0.4, 0.5) is 0 Å². The van der Waals surface area contributed by atoms with Gasteiger partial charge in [-0.1, -0.05) is 60.7 Å². The molecule has 0 radical (unpaired) electrons. The third-order valence-corrected chi connectivity index (χ3v) is 6.39. The first-order chi connectivity index (χ1) is 16.7. The molecule has 0 unspecified atom stereocenters. The largest absolute Gasteiger partial charge is 0.495 e. The molecule has 0 saturated carbocycles. The van der Waals surface area contributed by atoms with E-state index >= 15 is 0 Å². The molecule has 164 valence electrons. The molecule has 4 aromatic carbocycles. The smallest absolute Gasteiger partial charge is 0.134 e. The van der Waals surface area contributed by atoms with Crippen molar-refractivity contribution in [1.82, 2.24) is 9.55 Å². The summed E-state index contributed by atoms with van der Waals surface area (Å²) in [5.74, 6) is 0.894. The number of ether oxygens (including phenoxy) is 1. The molecule has 0 N–H and O–H groups in total. The Balaban J connectivity index is 1.51. The maximum Gasteiger partial charge on any atom is 0.134 e. The Kier molecular flexibility index (Phi) is 4.88. The maximum absolute atomic E-state index is 5.94. The summed E-state index contributed by atoms with van der Waals surface area (Å²) in [6.07, 6.45) is 1.86. The van der Waals surface area contributed by atoms with Gasteiger partial charge >= 0.3 is 0 Å². The zero-order valence-electron chi connectivity index (χ0n) is 19.2. The number of hydrogen-bond donors (Lipinski definition) is 0. The van der Waals surface area contributed by atoms with Crippen molar-refractivity contribution in [3.63, 3.8) is 0 Å². The lowest BCUT2D eigenvalue weighted by atomic mass is 9.94. The van der Waals surface area contributed by atoms with Crippen molar-refractivity contribution in [2.75, 3.05) is 7.11 Å². The number of aryl methyl sites for hydroxylation is 1. The molecule has 0 aliphatic heterocycles. The van der Waals surface area contributed by atoms with Crippen LogP contribution in [-0.4, -0.2) is 16.7 Å². The number of pyridine rings is 1. The van der Waals surface area contributed by atoms with Crippen LogP contribution >= 0.6 is 0 Å². The number of benzene rings is 4. The van der Waals surface area contributed by atoms with Crippen molar-refractivity contribution >= 4 is 21.9 Å². The lowest BCUT2D eigenvalue weighted by Crippen LogP contribution is -1.96. The second-order valence-electron chi connectivity index (χ2n) is 8.53. The summed E-state index contributed by atoms with van der Waals surface area (Å²) in [6.45, 7) is 2.13. The van der Waals surface area contributed by atoms with Crippen LogP contribution in [0.1, 0.15) is 5.56 Å².